The van der Waals surface area contributed by atoms with E-state index in [1.165, 1.54) is 44.5 Å². The van der Waals surface area contributed by atoms with Crippen LogP contribution in [0.25, 0.3) is 78.9 Å². The Labute approximate surface area is 318 Å². The molecular weight excluding hydrogens is 673 g/mol. The van der Waals surface area contributed by atoms with E-state index >= 15 is 0 Å². The topological polar surface area (TPSA) is 77.3 Å². The zero-order valence-corrected chi connectivity index (χ0v) is 29.5. The molecule has 0 saturated carbocycles. The molecule has 4 aromatic heterocycles. The Hall–Kier alpha value is -7.44. The van der Waals surface area contributed by atoms with Crippen molar-refractivity contribution in [2.75, 3.05) is 0 Å². The van der Waals surface area contributed by atoms with Crippen LogP contribution in [0.1, 0.15) is 22.3 Å². The predicted molar refractivity (Wildman–Crippen MR) is 217 cm³/mol. The van der Waals surface area contributed by atoms with Crippen molar-refractivity contribution in [1.82, 2.24) is 29.9 Å². The van der Waals surface area contributed by atoms with Crippen molar-refractivity contribution >= 4 is 0 Å². The van der Waals surface area contributed by atoms with Crippen molar-refractivity contribution in [2.45, 2.75) is 5.41 Å². The van der Waals surface area contributed by atoms with Crippen molar-refractivity contribution in [3.8, 4) is 78.9 Å². The molecule has 9 aromatic rings. The summed E-state index contributed by atoms with van der Waals surface area (Å²) in [6.07, 6.45) is 7.16. The van der Waals surface area contributed by atoms with Crippen LogP contribution in [-0.4, -0.2) is 29.9 Å². The average molecular weight is 703 g/mol. The number of aromatic nitrogens is 6. The van der Waals surface area contributed by atoms with Crippen LogP contribution in [0.15, 0.2) is 183 Å². The van der Waals surface area contributed by atoms with Gasteiger partial charge in [-0.2, -0.15) is 0 Å². The minimum absolute atomic E-state index is 0.419. The first-order valence-corrected chi connectivity index (χ1v) is 18.3. The van der Waals surface area contributed by atoms with E-state index in [1.54, 1.807) is 12.4 Å². The van der Waals surface area contributed by atoms with Crippen molar-refractivity contribution < 1.29 is 0 Å². The molecule has 55 heavy (non-hydrogen) atoms. The second-order valence-corrected chi connectivity index (χ2v) is 13.9. The fraction of sp³-hybridized carbons (Fsp3) is 0.0204. The molecule has 2 aliphatic carbocycles. The van der Waals surface area contributed by atoms with Crippen molar-refractivity contribution in [3.05, 3.63) is 205 Å². The maximum atomic E-state index is 5.19. The van der Waals surface area contributed by atoms with Gasteiger partial charge in [0, 0.05) is 41.5 Å². The van der Waals surface area contributed by atoms with E-state index in [0.717, 1.165) is 33.5 Å². The van der Waals surface area contributed by atoms with Gasteiger partial charge in [-0.15, -0.1) is 0 Å². The van der Waals surface area contributed by atoms with Gasteiger partial charge in [0.25, 0.3) is 0 Å². The summed E-state index contributed by atoms with van der Waals surface area (Å²) >= 11 is 0. The standard InChI is InChI=1S/C49H30N6/c1-4-14-40-36(11-1)37-12-2-5-15-41(37)49(40)42-16-6-3-13-38(42)39-30-35(19-20-43(39)49)47-53-46(34-10-7-9-33(29-34)31-21-25-50-26-22-31)54-48(55-47)45-18-8-17-44(52-45)32-23-27-51-28-24-32/h1-30H. The number of rotatable bonds is 5. The van der Waals surface area contributed by atoms with E-state index in [1.807, 2.05) is 67.0 Å². The number of pyridine rings is 3. The molecule has 0 unspecified atom stereocenters. The van der Waals surface area contributed by atoms with Crippen molar-refractivity contribution in [1.29, 1.82) is 0 Å². The van der Waals surface area contributed by atoms with Crippen molar-refractivity contribution in [2.24, 2.45) is 0 Å². The number of nitrogens with zero attached hydrogens (tertiary/aromatic N) is 6. The third-order valence-corrected chi connectivity index (χ3v) is 11.0. The monoisotopic (exact) mass is 702 g/mol. The molecule has 11 rings (SSSR count). The summed E-state index contributed by atoms with van der Waals surface area (Å²) in [6, 6.07) is 55.5. The molecule has 0 N–H and O–H groups in total. The van der Waals surface area contributed by atoms with Crippen LogP contribution in [-0.2, 0) is 5.41 Å². The van der Waals surface area contributed by atoms with E-state index in [-0.39, 0.29) is 0 Å². The third kappa shape index (κ3) is 4.82. The minimum Gasteiger partial charge on any atom is -0.265 e. The Morgan fingerprint density at radius 3 is 1.44 bits per heavy atom. The van der Waals surface area contributed by atoms with Gasteiger partial charge in [0.2, 0.25) is 0 Å². The number of hydrogen-bond donors (Lipinski definition) is 0. The van der Waals surface area contributed by atoms with E-state index in [4.69, 9.17) is 19.9 Å². The fourth-order valence-corrected chi connectivity index (χ4v) is 8.61. The molecule has 0 radical (unpaired) electrons. The van der Waals surface area contributed by atoms with Crippen LogP contribution in [0.2, 0.25) is 0 Å². The van der Waals surface area contributed by atoms with Crippen LogP contribution in [0.3, 0.4) is 0 Å². The molecule has 6 heteroatoms. The van der Waals surface area contributed by atoms with Gasteiger partial charge in [-0.05, 0) is 104 Å². The molecule has 4 heterocycles. The van der Waals surface area contributed by atoms with E-state index in [9.17, 15) is 0 Å². The lowest BCUT2D eigenvalue weighted by Crippen LogP contribution is -2.25. The fourth-order valence-electron chi connectivity index (χ4n) is 8.61. The Balaban J connectivity index is 1.11. The molecule has 0 bridgehead atoms. The smallest absolute Gasteiger partial charge is 0.182 e. The van der Waals surface area contributed by atoms with Gasteiger partial charge < -0.3 is 0 Å². The predicted octanol–water partition coefficient (Wildman–Crippen LogP) is 10.7. The highest BCUT2D eigenvalue weighted by Gasteiger charge is 2.51. The maximum Gasteiger partial charge on any atom is 0.182 e. The Bertz CT molecular complexity index is 2790. The molecule has 1 spiro atoms. The third-order valence-electron chi connectivity index (χ3n) is 11.0. The number of hydrogen-bond acceptors (Lipinski definition) is 6. The van der Waals surface area contributed by atoms with Crippen molar-refractivity contribution in [3.63, 3.8) is 0 Å². The summed E-state index contributed by atoms with van der Waals surface area (Å²) in [5, 5.41) is 0. The van der Waals surface area contributed by atoms with Gasteiger partial charge in [0.1, 0.15) is 5.69 Å². The van der Waals surface area contributed by atoms with E-state index in [2.05, 4.69) is 113 Å². The first-order valence-electron chi connectivity index (χ1n) is 18.3. The first-order chi connectivity index (χ1) is 27.3. The highest BCUT2D eigenvalue weighted by molar-refractivity contribution is 5.95. The number of benzene rings is 5. The summed E-state index contributed by atoms with van der Waals surface area (Å²) < 4.78 is 0. The SMILES string of the molecule is c1cc(-c2ccncc2)cc(-c2nc(-c3ccc4c(c3)-c3ccccc3C43c4ccccc4-c4ccccc43)nc(-c3cccc(-c4ccncc4)n3)n2)c1. The van der Waals surface area contributed by atoms with Gasteiger partial charge >= 0.3 is 0 Å². The summed E-state index contributed by atoms with van der Waals surface area (Å²) in [5.41, 5.74) is 16.1. The minimum atomic E-state index is -0.419. The van der Waals surface area contributed by atoms with Crippen LogP contribution < -0.4 is 0 Å². The highest BCUT2D eigenvalue weighted by Crippen LogP contribution is 2.62. The van der Waals surface area contributed by atoms with Gasteiger partial charge in [-0.25, -0.2) is 19.9 Å². The average Bonchev–Trinajstić information content (AvgIpc) is 3.74. The molecular formula is C49H30N6. The second kappa shape index (κ2) is 12.3. The van der Waals surface area contributed by atoms with Gasteiger partial charge in [0.15, 0.2) is 17.5 Å². The van der Waals surface area contributed by atoms with E-state index in [0.29, 0.717) is 23.2 Å². The lowest BCUT2D eigenvalue weighted by Gasteiger charge is -2.30. The summed E-state index contributed by atoms with van der Waals surface area (Å²) in [4.78, 5) is 28.9. The molecule has 6 nitrogen and oxygen atoms in total. The Morgan fingerprint density at radius 1 is 0.291 bits per heavy atom. The summed E-state index contributed by atoms with van der Waals surface area (Å²) in [7, 11) is 0. The number of fused-ring (bicyclic) bond motifs is 10. The van der Waals surface area contributed by atoms with Crippen LogP contribution in [0.4, 0.5) is 0 Å². The Kier molecular flexibility index (Phi) is 6.97. The zero-order valence-electron chi connectivity index (χ0n) is 29.5. The molecule has 5 aromatic carbocycles. The Morgan fingerprint density at radius 2 is 0.782 bits per heavy atom. The largest absolute Gasteiger partial charge is 0.265 e. The molecule has 0 amide bonds. The molecule has 0 aliphatic heterocycles. The lowest BCUT2D eigenvalue weighted by atomic mass is 9.70. The molecule has 0 fully saturated rings. The highest BCUT2D eigenvalue weighted by atomic mass is 15.0. The quantitative estimate of drug-likeness (QED) is 0.178. The van der Waals surface area contributed by atoms with Crippen LogP contribution in [0, 0.1) is 0 Å². The summed E-state index contributed by atoms with van der Waals surface area (Å²) in [6.45, 7) is 0. The van der Waals surface area contributed by atoms with Gasteiger partial charge in [0.05, 0.1) is 11.1 Å². The molecule has 256 valence electrons. The molecule has 2 aliphatic rings. The lowest BCUT2D eigenvalue weighted by molar-refractivity contribution is 0.794. The molecule has 0 atom stereocenters. The maximum absolute atomic E-state index is 5.19. The van der Waals surface area contributed by atoms with Crippen LogP contribution in [0.5, 0.6) is 0 Å². The normalized spacial score (nSPS) is 12.9. The van der Waals surface area contributed by atoms with Gasteiger partial charge in [-0.3, -0.25) is 9.97 Å². The molecule has 0 saturated heterocycles. The second-order valence-electron chi connectivity index (χ2n) is 13.9. The van der Waals surface area contributed by atoms with Crippen LogP contribution >= 0.6 is 0 Å². The zero-order chi connectivity index (χ0) is 36.3. The first kappa shape index (κ1) is 31.1. The van der Waals surface area contributed by atoms with E-state index < -0.39 is 5.41 Å². The van der Waals surface area contributed by atoms with Gasteiger partial charge in [-0.1, -0.05) is 109 Å². The summed E-state index contributed by atoms with van der Waals surface area (Å²) in [5.74, 6) is 1.66.